The Morgan fingerprint density at radius 3 is 2.61 bits per heavy atom. The molecule has 166 valence electrons. The molecule has 31 heavy (non-hydrogen) atoms. The molecule has 8 heteroatoms. The molecule has 1 aromatic heterocycles. The molecule has 3 heterocycles. The number of likely N-dealkylation sites (tertiary alicyclic amines) is 1. The van der Waals surface area contributed by atoms with Gasteiger partial charge in [0.25, 0.3) is 5.91 Å². The summed E-state index contributed by atoms with van der Waals surface area (Å²) >= 11 is 0. The summed E-state index contributed by atoms with van der Waals surface area (Å²) in [4.78, 5) is 29.6. The Bertz CT molecular complexity index is 943. The fraction of sp³-hybridized carbons (Fsp3) is 0.522. The van der Waals surface area contributed by atoms with Crippen LogP contribution in [0.25, 0.3) is 0 Å². The van der Waals surface area contributed by atoms with E-state index in [0.29, 0.717) is 18.2 Å². The summed E-state index contributed by atoms with van der Waals surface area (Å²) < 4.78 is 11.3. The summed E-state index contributed by atoms with van der Waals surface area (Å²) in [7, 11) is 0. The number of nitrogens with one attached hydrogen (secondary N) is 1. The number of amides is 2. The van der Waals surface area contributed by atoms with E-state index in [0.717, 1.165) is 43.7 Å². The standard InChI is InChI=1S/C23H30N4O4/c1-23(2,3)19-13-21(31-25-19)24-20(28)15-27-14-18(22(29)26-11-7-4-8-12-26)30-17-10-6-5-9-16(17)27/h5-6,9-10,13,18H,4,7-8,11-12,14-15H2,1-3H3,(H,24,28). The highest BCUT2D eigenvalue weighted by Crippen LogP contribution is 2.33. The molecule has 1 atom stereocenters. The molecule has 0 spiro atoms. The van der Waals surface area contributed by atoms with Gasteiger partial charge in [-0.05, 0) is 31.4 Å². The Kier molecular flexibility index (Phi) is 5.89. The highest BCUT2D eigenvalue weighted by Gasteiger charge is 2.34. The van der Waals surface area contributed by atoms with Crippen molar-refractivity contribution in [3.63, 3.8) is 0 Å². The van der Waals surface area contributed by atoms with E-state index in [1.807, 2.05) is 54.8 Å². The lowest BCUT2D eigenvalue weighted by Gasteiger charge is -2.38. The van der Waals surface area contributed by atoms with E-state index in [4.69, 9.17) is 9.26 Å². The van der Waals surface area contributed by atoms with Crippen molar-refractivity contribution in [3.8, 4) is 5.75 Å². The van der Waals surface area contributed by atoms with Crippen LogP contribution in [0.5, 0.6) is 5.75 Å². The van der Waals surface area contributed by atoms with Gasteiger partial charge in [-0.25, -0.2) is 0 Å². The number of carbonyl (C=O) groups is 2. The highest BCUT2D eigenvalue weighted by molar-refractivity contribution is 5.94. The minimum Gasteiger partial charge on any atom is -0.477 e. The first-order valence-corrected chi connectivity index (χ1v) is 10.9. The van der Waals surface area contributed by atoms with Crippen molar-refractivity contribution in [1.82, 2.24) is 10.1 Å². The van der Waals surface area contributed by atoms with Gasteiger partial charge in [0.1, 0.15) is 5.75 Å². The van der Waals surface area contributed by atoms with Crippen molar-refractivity contribution in [2.24, 2.45) is 0 Å². The Morgan fingerprint density at radius 1 is 1.16 bits per heavy atom. The monoisotopic (exact) mass is 426 g/mol. The Labute approximate surface area is 182 Å². The first-order chi connectivity index (χ1) is 14.8. The third-order valence-corrected chi connectivity index (χ3v) is 5.68. The average Bonchev–Trinajstić information content (AvgIpc) is 3.22. The summed E-state index contributed by atoms with van der Waals surface area (Å²) in [6, 6.07) is 9.24. The van der Waals surface area contributed by atoms with E-state index in [-0.39, 0.29) is 23.8 Å². The molecule has 2 amide bonds. The number of hydrogen-bond acceptors (Lipinski definition) is 6. The molecule has 0 radical (unpaired) electrons. The van der Waals surface area contributed by atoms with Gasteiger partial charge < -0.3 is 19.1 Å². The van der Waals surface area contributed by atoms with Gasteiger partial charge in [-0.15, -0.1) is 0 Å². The fourth-order valence-electron chi connectivity index (χ4n) is 3.94. The van der Waals surface area contributed by atoms with Crippen LogP contribution in [0.15, 0.2) is 34.9 Å². The second-order valence-electron chi connectivity index (χ2n) is 9.22. The Hall–Kier alpha value is -3.03. The van der Waals surface area contributed by atoms with Crippen LogP contribution >= 0.6 is 0 Å². The molecule has 1 N–H and O–H groups in total. The highest BCUT2D eigenvalue weighted by atomic mass is 16.5. The summed E-state index contributed by atoms with van der Waals surface area (Å²) in [6.07, 6.45) is 2.57. The summed E-state index contributed by atoms with van der Waals surface area (Å²) in [5.74, 6) is 0.686. The van der Waals surface area contributed by atoms with Gasteiger partial charge in [0.05, 0.1) is 24.5 Å². The van der Waals surface area contributed by atoms with Gasteiger partial charge in [0, 0.05) is 24.6 Å². The van der Waals surface area contributed by atoms with Gasteiger partial charge in [-0.3, -0.25) is 14.9 Å². The number of rotatable bonds is 4. The van der Waals surface area contributed by atoms with Crippen LogP contribution in [-0.4, -0.2) is 54.2 Å². The van der Waals surface area contributed by atoms with Crippen molar-refractivity contribution in [1.29, 1.82) is 0 Å². The van der Waals surface area contributed by atoms with E-state index >= 15 is 0 Å². The van der Waals surface area contributed by atoms with Crippen molar-refractivity contribution in [2.75, 3.05) is 36.4 Å². The predicted octanol–water partition coefficient (Wildman–Crippen LogP) is 3.19. The summed E-state index contributed by atoms with van der Waals surface area (Å²) in [6.45, 7) is 8.02. The number of piperidine rings is 1. The minimum absolute atomic E-state index is 0.00957. The third-order valence-electron chi connectivity index (χ3n) is 5.68. The molecule has 2 aromatic rings. The molecular weight excluding hydrogens is 396 g/mol. The molecule has 1 fully saturated rings. The molecule has 1 saturated heterocycles. The molecule has 1 aromatic carbocycles. The van der Waals surface area contributed by atoms with Crippen LogP contribution in [0.2, 0.25) is 0 Å². The Balaban J connectivity index is 1.46. The number of aromatic nitrogens is 1. The van der Waals surface area contributed by atoms with Gasteiger partial charge in [-0.2, -0.15) is 0 Å². The molecule has 2 aliphatic heterocycles. The zero-order chi connectivity index (χ0) is 22.0. The number of benzene rings is 1. The van der Waals surface area contributed by atoms with Crippen molar-refractivity contribution >= 4 is 23.4 Å². The zero-order valence-corrected chi connectivity index (χ0v) is 18.4. The lowest BCUT2D eigenvalue weighted by atomic mass is 9.92. The molecular formula is C23H30N4O4. The van der Waals surface area contributed by atoms with E-state index in [2.05, 4.69) is 10.5 Å². The van der Waals surface area contributed by atoms with Crippen LogP contribution < -0.4 is 15.0 Å². The van der Waals surface area contributed by atoms with Gasteiger partial charge >= 0.3 is 0 Å². The molecule has 2 aliphatic rings. The number of anilines is 2. The smallest absolute Gasteiger partial charge is 0.265 e. The second-order valence-corrected chi connectivity index (χ2v) is 9.22. The fourth-order valence-corrected chi connectivity index (χ4v) is 3.94. The number of fused-ring (bicyclic) bond motifs is 1. The van der Waals surface area contributed by atoms with Gasteiger partial charge in [-0.1, -0.05) is 38.1 Å². The van der Waals surface area contributed by atoms with E-state index in [9.17, 15) is 9.59 Å². The van der Waals surface area contributed by atoms with Gasteiger partial charge in [0.15, 0.2) is 6.10 Å². The number of ether oxygens (including phenoxy) is 1. The second kappa shape index (κ2) is 8.61. The molecule has 0 saturated carbocycles. The molecule has 4 rings (SSSR count). The maximum absolute atomic E-state index is 13.0. The number of carbonyl (C=O) groups excluding carboxylic acids is 2. The first kappa shape index (κ1) is 21.2. The number of hydrogen-bond donors (Lipinski definition) is 1. The topological polar surface area (TPSA) is 87.9 Å². The summed E-state index contributed by atoms with van der Waals surface area (Å²) in [5, 5.41) is 6.81. The first-order valence-electron chi connectivity index (χ1n) is 10.9. The molecule has 8 nitrogen and oxygen atoms in total. The number of nitrogens with zero attached hydrogens (tertiary/aromatic N) is 3. The van der Waals surface area contributed by atoms with Crippen molar-refractivity contribution < 1.29 is 18.8 Å². The predicted molar refractivity (Wildman–Crippen MR) is 117 cm³/mol. The maximum atomic E-state index is 13.0. The van der Waals surface area contributed by atoms with Gasteiger partial charge in [0.2, 0.25) is 11.8 Å². The lowest BCUT2D eigenvalue weighted by Crippen LogP contribution is -2.52. The van der Waals surface area contributed by atoms with Crippen LogP contribution in [0.3, 0.4) is 0 Å². The van der Waals surface area contributed by atoms with Crippen LogP contribution in [0.1, 0.15) is 45.7 Å². The average molecular weight is 427 g/mol. The van der Waals surface area contributed by atoms with Crippen LogP contribution in [-0.2, 0) is 15.0 Å². The zero-order valence-electron chi connectivity index (χ0n) is 18.4. The molecule has 0 aliphatic carbocycles. The van der Waals surface area contributed by atoms with Crippen molar-refractivity contribution in [2.45, 2.75) is 51.6 Å². The van der Waals surface area contributed by atoms with E-state index in [1.165, 1.54) is 0 Å². The van der Waals surface area contributed by atoms with E-state index in [1.54, 1.807) is 6.07 Å². The van der Waals surface area contributed by atoms with Crippen LogP contribution in [0, 0.1) is 0 Å². The SMILES string of the molecule is CC(C)(C)c1cc(NC(=O)CN2CC(C(=O)N3CCCCC3)Oc3ccccc32)on1. The van der Waals surface area contributed by atoms with Crippen LogP contribution in [0.4, 0.5) is 11.6 Å². The molecule has 1 unspecified atom stereocenters. The van der Waals surface area contributed by atoms with E-state index < -0.39 is 6.10 Å². The quantitative estimate of drug-likeness (QED) is 0.808. The molecule has 0 bridgehead atoms. The third kappa shape index (κ3) is 4.84. The largest absolute Gasteiger partial charge is 0.477 e. The maximum Gasteiger partial charge on any atom is 0.265 e. The lowest BCUT2D eigenvalue weighted by molar-refractivity contribution is -0.139. The Morgan fingerprint density at radius 2 is 1.90 bits per heavy atom. The minimum atomic E-state index is -0.626. The van der Waals surface area contributed by atoms with Crippen molar-refractivity contribution in [3.05, 3.63) is 36.0 Å². The summed E-state index contributed by atoms with van der Waals surface area (Å²) in [5.41, 5.74) is 1.40. The number of para-hydroxylation sites is 2. The normalized spacial score (nSPS) is 18.9.